The van der Waals surface area contributed by atoms with Gasteiger partial charge >= 0.3 is 18.1 Å². The summed E-state index contributed by atoms with van der Waals surface area (Å²) in [5.74, 6) is -1.50. The molecule has 21 nitrogen and oxygen atoms in total. The maximum atomic E-state index is 12.5. The van der Waals surface area contributed by atoms with Gasteiger partial charge in [-0.05, 0) is 139 Å². The zero-order valence-electron chi connectivity index (χ0n) is 53.9. The number of pyridine rings is 2. The van der Waals surface area contributed by atoms with Gasteiger partial charge in [-0.25, -0.2) is 9.59 Å². The van der Waals surface area contributed by atoms with Crippen molar-refractivity contribution >= 4 is 39.9 Å². The Morgan fingerprint density at radius 3 is 1.29 bits per heavy atom. The molecule has 0 bridgehead atoms. The molecule has 0 aliphatic carbocycles. The minimum Gasteiger partial charge on any atom is -0.478 e. The number of nitrogens with zero attached hydrogens (tertiary/aromatic N) is 7. The summed E-state index contributed by atoms with van der Waals surface area (Å²) in [6.07, 6.45) is 10.5. The number of aromatic nitrogens is 10. The first-order chi connectivity index (χ1) is 44.2. The lowest BCUT2D eigenvalue weighted by Gasteiger charge is -2.09. The lowest BCUT2D eigenvalue weighted by molar-refractivity contribution is -0.191. The molecule has 6 heterocycles. The van der Waals surface area contributed by atoms with E-state index in [9.17, 15) is 24.0 Å². The van der Waals surface area contributed by atoms with Crippen LogP contribution in [-0.4, -0.2) is 91.1 Å². The van der Waals surface area contributed by atoms with E-state index in [1.807, 2.05) is 106 Å². The van der Waals surface area contributed by atoms with E-state index in [1.54, 1.807) is 24.7 Å². The maximum absolute atomic E-state index is 12.5. The first kappa shape index (κ1) is 74.3. The van der Waals surface area contributed by atoms with Crippen LogP contribution in [0.15, 0.2) is 168 Å². The second-order valence-electron chi connectivity index (χ2n) is 21.1. The van der Waals surface area contributed by atoms with Crippen molar-refractivity contribution in [3.05, 3.63) is 280 Å². The van der Waals surface area contributed by atoms with Gasteiger partial charge in [0.25, 0.3) is 17.0 Å². The minimum absolute atomic E-state index is 0.0648. The van der Waals surface area contributed by atoms with Gasteiger partial charge in [0.05, 0.1) is 37.5 Å². The molecule has 0 aliphatic heterocycles. The number of esters is 1. The number of aryl methyl sites for hydroxylation is 13. The Hall–Kier alpha value is -10.2. The number of halogens is 1. The number of carboxylic acid groups (broad SMARTS) is 1. The van der Waals surface area contributed by atoms with Gasteiger partial charge in [-0.3, -0.25) is 33.5 Å². The third kappa shape index (κ3) is 24.7. The van der Waals surface area contributed by atoms with Crippen molar-refractivity contribution in [3.63, 3.8) is 0 Å². The monoisotopic (exact) mass is 1310 g/mol. The number of hydrogen-bond donors (Lipinski definition) is 6. The zero-order chi connectivity index (χ0) is 67.5. The van der Waals surface area contributed by atoms with Crippen molar-refractivity contribution in [2.45, 2.75) is 121 Å². The number of methoxy groups -OCH3 is 1. The number of alkyl halides is 1. The molecule has 0 saturated carbocycles. The summed E-state index contributed by atoms with van der Waals surface area (Å²) in [4.78, 5) is 79.2. The number of hydrogen-bond acceptors (Lipinski definition) is 13. The smallest absolute Gasteiger partial charge is 0.373 e. The van der Waals surface area contributed by atoms with Gasteiger partial charge in [-0.15, -0.1) is 0 Å². The Bertz CT molecular complexity index is 4020. The average Bonchev–Trinajstić information content (AvgIpc) is 1.79. The molecule has 0 atom stereocenters. The predicted octanol–water partition coefficient (Wildman–Crippen LogP) is 10.5. The van der Waals surface area contributed by atoms with Gasteiger partial charge in [-0.2, -0.15) is 30.0 Å². The lowest BCUT2D eigenvalue weighted by Crippen LogP contribution is -2.28. The maximum Gasteiger partial charge on any atom is 0.373 e. The van der Waals surface area contributed by atoms with E-state index in [0.29, 0.717) is 47.6 Å². The highest BCUT2D eigenvalue weighted by Gasteiger charge is 2.16. The Kier molecular flexibility index (Phi) is 32.1. The number of aromatic carboxylic acids is 1. The summed E-state index contributed by atoms with van der Waals surface area (Å²) < 4.78 is 10.1. The zero-order valence-corrected chi connectivity index (χ0v) is 55.5. The number of carbonyl (C=O) groups excluding carboxylic acids is 4. The molecule has 0 saturated heterocycles. The fourth-order valence-electron chi connectivity index (χ4n) is 9.10. The highest BCUT2D eigenvalue weighted by Crippen LogP contribution is 2.13. The number of benzene rings is 4. The van der Waals surface area contributed by atoms with Crippen LogP contribution in [0.25, 0.3) is 0 Å². The molecule has 92 heavy (non-hydrogen) atoms. The Morgan fingerprint density at radius 2 is 0.946 bits per heavy atom. The van der Waals surface area contributed by atoms with E-state index in [1.165, 1.54) is 53.0 Å². The third-order valence-electron chi connectivity index (χ3n) is 14.5. The lowest BCUT2D eigenvalue weighted by atomic mass is 10.1. The molecule has 22 heteroatoms. The molecule has 10 rings (SSSR count). The number of nitrogens with one attached hydrogen (secondary N) is 4. The Morgan fingerprint density at radius 1 is 0.554 bits per heavy atom. The second-order valence-corrected chi connectivity index (χ2v) is 21.9. The molecule has 7 N–H and O–H groups in total. The predicted molar refractivity (Wildman–Crippen MR) is 359 cm³/mol. The van der Waals surface area contributed by atoms with Crippen LogP contribution in [-0.2, 0) is 72.7 Å². The highest BCUT2D eigenvalue weighted by molar-refractivity contribution is 9.09. The fourth-order valence-corrected chi connectivity index (χ4v) is 9.56. The number of ether oxygens (including phenoxy) is 1. The second kappa shape index (κ2) is 39.8. The SMILES string of the molecule is BrCCc1ccccc1.COC(=O)c1cn[nH]c1C.Cc1c(C(=O)O)cnn1CCc1ccccc1.Cc1cc(C)c(CN)c(=O)[nH]1.Cc1cc(C)c(CNC(=O)c2cnn(CCc3ccccc3)c2C)c(=O)[nH]1.Cc1cnn(CCc2ccccc2)c1C.O=C=O. The number of carbonyl (C=O) groups is 3. The summed E-state index contributed by atoms with van der Waals surface area (Å²) in [7, 11) is 1.34. The van der Waals surface area contributed by atoms with Crippen LogP contribution in [0, 0.1) is 62.3 Å². The van der Waals surface area contributed by atoms with Crippen molar-refractivity contribution in [1.29, 1.82) is 0 Å². The van der Waals surface area contributed by atoms with E-state index < -0.39 is 5.97 Å². The number of rotatable bonds is 17. The van der Waals surface area contributed by atoms with Crippen LogP contribution in [0.1, 0.15) is 115 Å². The standard InChI is InChI=1S/C21H24N4O2.C13H14N2O2.C13H16N2.C8H9Br.C8H12N2O.C6H8N2O2.CO2/c1-14-11-15(2)24-21(27)18(14)12-22-20(26)19-13-23-25(16(19)3)10-9-17-7-5-4-6-8-17;1-10-12(13(16)17)9-14-15(10)8-7-11-5-3-2-4-6-11;1-11-10-14-15(12(11)2)9-8-13-6-4-3-5-7-13;9-7-6-8-4-2-1-3-5-8;1-5-3-6(2)10-8(11)7(5)4-9;1-4-5(3-7-8-4)6(9)10-2;2-1-3/h4-8,11,13H,9-10,12H2,1-3H3,(H,22,26)(H,24,27);2-6,9H,7-8H2,1H3,(H,16,17);3-7,10H,8-9H2,1-2H3;1-5H,6-7H2;3H,4,9H2,1-2H3,(H,10,11);3H,1-2H3,(H,7,8);. The molecule has 10 aromatic rings. The van der Waals surface area contributed by atoms with Crippen molar-refractivity contribution < 1.29 is 33.8 Å². The molecule has 1 amide bonds. The van der Waals surface area contributed by atoms with E-state index in [2.05, 4.69) is 153 Å². The van der Waals surface area contributed by atoms with Crippen molar-refractivity contribution in [1.82, 2.24) is 54.8 Å². The van der Waals surface area contributed by atoms with Crippen LogP contribution >= 0.6 is 15.9 Å². The summed E-state index contributed by atoms with van der Waals surface area (Å²) in [6, 6.07) is 45.0. The van der Waals surface area contributed by atoms with Crippen LogP contribution in [0.2, 0.25) is 0 Å². The summed E-state index contributed by atoms with van der Waals surface area (Å²) >= 11 is 3.39. The van der Waals surface area contributed by atoms with Gasteiger partial charge in [0.15, 0.2) is 0 Å². The van der Waals surface area contributed by atoms with Crippen LogP contribution in [0.3, 0.4) is 0 Å². The number of nitrogens with two attached hydrogens (primary N) is 1. The number of aromatic amines is 3. The largest absolute Gasteiger partial charge is 0.478 e. The number of H-pyrrole nitrogens is 3. The molecule has 0 unspecified atom stereocenters. The van der Waals surface area contributed by atoms with Crippen molar-refractivity contribution in [3.8, 4) is 0 Å². The molecule has 0 aliphatic rings. The van der Waals surface area contributed by atoms with Gasteiger partial charge < -0.3 is 30.9 Å². The first-order valence-electron chi connectivity index (χ1n) is 29.6. The molecule has 4 aromatic carbocycles. The molecule has 6 aromatic heterocycles. The topological polar surface area (TPSA) is 301 Å². The first-order valence-corrected chi connectivity index (χ1v) is 30.7. The summed E-state index contributed by atoms with van der Waals surface area (Å²) in [6.45, 7) is 20.0. The minimum atomic E-state index is -0.923. The van der Waals surface area contributed by atoms with E-state index in [4.69, 9.17) is 20.4 Å². The van der Waals surface area contributed by atoms with Gasteiger partial charge in [0.1, 0.15) is 11.1 Å². The Labute approximate surface area is 544 Å². The summed E-state index contributed by atoms with van der Waals surface area (Å²) in [5.41, 5.74) is 21.2. The van der Waals surface area contributed by atoms with Gasteiger partial charge in [0, 0.05) is 83.3 Å². The fraction of sp³-hybridized carbons (Fsp3) is 0.286. The summed E-state index contributed by atoms with van der Waals surface area (Å²) in [5, 5.41) is 31.9. The van der Waals surface area contributed by atoms with E-state index >= 15 is 0 Å². The number of amides is 1. The highest BCUT2D eigenvalue weighted by atomic mass is 79.9. The quantitative estimate of drug-likeness (QED) is 0.0365. The molecule has 0 radical (unpaired) electrons. The molecular weight excluding hydrogens is 1230 g/mol. The van der Waals surface area contributed by atoms with Crippen molar-refractivity contribution in [2.24, 2.45) is 5.73 Å². The molecular formula is C70H83BrN12O9. The van der Waals surface area contributed by atoms with Gasteiger partial charge in [0.2, 0.25) is 0 Å². The van der Waals surface area contributed by atoms with E-state index in [0.717, 1.165) is 71.5 Å². The molecule has 0 spiro atoms. The number of carboxylic acids is 1. The average molecular weight is 1320 g/mol. The molecule has 484 valence electrons. The van der Waals surface area contributed by atoms with Crippen molar-refractivity contribution in [2.75, 3.05) is 12.4 Å². The molecule has 0 fully saturated rings. The third-order valence-corrected chi connectivity index (χ3v) is 14.9. The Balaban J connectivity index is 0.000000244. The van der Waals surface area contributed by atoms with Gasteiger partial charge in [-0.1, -0.05) is 137 Å². The van der Waals surface area contributed by atoms with E-state index in [-0.39, 0.29) is 41.3 Å². The normalized spacial score (nSPS) is 10.0. The van der Waals surface area contributed by atoms with Crippen LogP contribution < -0.4 is 22.2 Å². The van der Waals surface area contributed by atoms with Crippen LogP contribution in [0.4, 0.5) is 0 Å². The van der Waals surface area contributed by atoms with Crippen LogP contribution in [0.5, 0.6) is 0 Å².